The second-order valence-corrected chi connectivity index (χ2v) is 6.63. The van der Waals surface area contributed by atoms with Crippen LogP contribution in [0.5, 0.6) is 5.75 Å². The number of likely N-dealkylation sites (tertiary alicyclic amines) is 1. The van der Waals surface area contributed by atoms with E-state index < -0.39 is 24.2 Å². The Bertz CT molecular complexity index is 842. The molecule has 154 valence electrons. The maximum absolute atomic E-state index is 12.3. The van der Waals surface area contributed by atoms with Gasteiger partial charge in [0.2, 0.25) is 0 Å². The van der Waals surface area contributed by atoms with Gasteiger partial charge in [-0.15, -0.1) is 0 Å². The Labute approximate surface area is 165 Å². The number of urea groups is 1. The van der Waals surface area contributed by atoms with Crippen molar-refractivity contribution in [1.29, 1.82) is 0 Å². The van der Waals surface area contributed by atoms with Gasteiger partial charge in [-0.1, -0.05) is 30.3 Å². The van der Waals surface area contributed by atoms with Gasteiger partial charge in [-0.2, -0.15) is 13.2 Å². The molecule has 1 heterocycles. The molecule has 0 aromatic heterocycles. The molecule has 0 aliphatic carbocycles. The number of nitrogens with one attached hydrogen (secondary N) is 2. The van der Waals surface area contributed by atoms with Gasteiger partial charge in [-0.05, 0) is 36.2 Å². The quantitative estimate of drug-likeness (QED) is 0.797. The molecule has 1 saturated heterocycles. The zero-order chi connectivity index (χ0) is 20.9. The summed E-state index contributed by atoms with van der Waals surface area (Å²) in [7, 11) is 0. The third-order valence-corrected chi connectivity index (χ3v) is 4.42. The number of ether oxygens (including phenoxy) is 1. The first-order valence-electron chi connectivity index (χ1n) is 9.01. The van der Waals surface area contributed by atoms with Crippen LogP contribution < -0.4 is 15.4 Å². The predicted molar refractivity (Wildman–Crippen MR) is 100 cm³/mol. The minimum atomic E-state index is -4.93. The lowest BCUT2D eigenvalue weighted by Gasteiger charge is -2.18. The molecule has 0 spiro atoms. The third kappa shape index (κ3) is 5.87. The first-order valence-corrected chi connectivity index (χ1v) is 9.01. The van der Waals surface area contributed by atoms with Gasteiger partial charge in [-0.25, -0.2) is 4.79 Å². The highest BCUT2D eigenvalue weighted by molar-refractivity contribution is 5.89. The molecule has 1 unspecified atom stereocenters. The lowest BCUT2D eigenvalue weighted by molar-refractivity contribution is -0.174. The van der Waals surface area contributed by atoms with Crippen molar-refractivity contribution in [3.63, 3.8) is 0 Å². The van der Waals surface area contributed by atoms with Crippen LogP contribution in [0.25, 0.3) is 0 Å². The fourth-order valence-corrected chi connectivity index (χ4v) is 2.91. The summed E-state index contributed by atoms with van der Waals surface area (Å²) in [5.74, 6) is -1.35. The molecule has 1 atom stereocenters. The molecule has 1 fully saturated rings. The van der Waals surface area contributed by atoms with Crippen LogP contribution in [0.3, 0.4) is 0 Å². The van der Waals surface area contributed by atoms with Crippen LogP contribution >= 0.6 is 0 Å². The summed E-state index contributed by atoms with van der Waals surface area (Å²) in [6.07, 6.45) is -4.67. The van der Waals surface area contributed by atoms with Gasteiger partial charge < -0.3 is 20.3 Å². The zero-order valence-corrected chi connectivity index (χ0v) is 15.4. The molecule has 1 aliphatic heterocycles. The molecule has 29 heavy (non-hydrogen) atoms. The standard InChI is InChI=1S/C20H20F3N3O3/c21-20(22,23)18(27)24-16-10-11-26(12-16)19(28)25-15-6-8-17(9-7-15)29-13-14-4-2-1-3-5-14/h1-9,16H,10-13H2,(H,24,27)(H,25,28). The van der Waals surface area contributed by atoms with Crippen LogP contribution in [0.1, 0.15) is 12.0 Å². The number of carbonyl (C=O) groups is 2. The van der Waals surface area contributed by atoms with E-state index >= 15 is 0 Å². The van der Waals surface area contributed by atoms with E-state index in [1.807, 2.05) is 35.6 Å². The normalized spacial score (nSPS) is 16.4. The van der Waals surface area contributed by atoms with Crippen molar-refractivity contribution in [2.45, 2.75) is 25.2 Å². The molecule has 3 rings (SSSR count). The van der Waals surface area contributed by atoms with Gasteiger partial charge in [-0.3, -0.25) is 4.79 Å². The number of rotatable bonds is 5. The highest BCUT2D eigenvalue weighted by atomic mass is 19.4. The summed E-state index contributed by atoms with van der Waals surface area (Å²) in [5.41, 5.74) is 1.57. The number of nitrogens with zero attached hydrogens (tertiary/aromatic N) is 1. The van der Waals surface area contributed by atoms with E-state index in [4.69, 9.17) is 4.74 Å². The Morgan fingerprint density at radius 1 is 1.07 bits per heavy atom. The van der Waals surface area contributed by atoms with E-state index in [9.17, 15) is 22.8 Å². The van der Waals surface area contributed by atoms with E-state index in [2.05, 4.69) is 5.32 Å². The van der Waals surface area contributed by atoms with Crippen molar-refractivity contribution in [3.8, 4) is 5.75 Å². The molecule has 3 amide bonds. The van der Waals surface area contributed by atoms with Gasteiger partial charge >= 0.3 is 18.1 Å². The minimum absolute atomic E-state index is 0.0198. The molecule has 9 heteroatoms. The first-order chi connectivity index (χ1) is 13.8. The molecule has 0 saturated carbocycles. The fourth-order valence-electron chi connectivity index (χ4n) is 2.91. The molecule has 0 radical (unpaired) electrons. The minimum Gasteiger partial charge on any atom is -0.489 e. The highest BCUT2D eigenvalue weighted by Gasteiger charge is 2.41. The van der Waals surface area contributed by atoms with Crippen molar-refractivity contribution in [2.24, 2.45) is 0 Å². The lowest BCUT2D eigenvalue weighted by atomic mass is 10.2. The maximum atomic E-state index is 12.3. The van der Waals surface area contributed by atoms with Crippen LogP contribution in [0.15, 0.2) is 54.6 Å². The van der Waals surface area contributed by atoms with Crippen LogP contribution in [0.2, 0.25) is 0 Å². The van der Waals surface area contributed by atoms with E-state index in [0.717, 1.165) is 5.56 Å². The lowest BCUT2D eigenvalue weighted by Crippen LogP contribution is -2.45. The highest BCUT2D eigenvalue weighted by Crippen LogP contribution is 2.20. The fraction of sp³-hybridized carbons (Fsp3) is 0.300. The van der Waals surface area contributed by atoms with Gasteiger partial charge in [0, 0.05) is 24.8 Å². The van der Waals surface area contributed by atoms with E-state index in [1.165, 1.54) is 4.90 Å². The maximum Gasteiger partial charge on any atom is 0.471 e. The summed E-state index contributed by atoms with van der Waals surface area (Å²) in [6.45, 7) is 0.699. The largest absolute Gasteiger partial charge is 0.489 e. The van der Waals surface area contributed by atoms with Gasteiger partial charge in [0.25, 0.3) is 0 Å². The van der Waals surface area contributed by atoms with Crippen molar-refractivity contribution in [2.75, 3.05) is 18.4 Å². The Hall–Kier alpha value is -3.23. The van der Waals surface area contributed by atoms with Crippen molar-refractivity contribution in [3.05, 3.63) is 60.2 Å². The summed E-state index contributed by atoms with van der Waals surface area (Å²) in [6, 6.07) is 15.3. The van der Waals surface area contributed by atoms with Gasteiger partial charge in [0.05, 0.1) is 0 Å². The molecule has 2 N–H and O–H groups in total. The molecule has 0 bridgehead atoms. The number of anilines is 1. The first kappa shape index (κ1) is 20.5. The number of hydrogen-bond acceptors (Lipinski definition) is 3. The van der Waals surface area contributed by atoms with E-state index in [-0.39, 0.29) is 19.5 Å². The number of carbonyl (C=O) groups excluding carboxylic acids is 2. The summed E-state index contributed by atoms with van der Waals surface area (Å²) in [4.78, 5) is 24.6. The molecule has 2 aromatic carbocycles. The predicted octanol–water partition coefficient (Wildman–Crippen LogP) is 3.55. The third-order valence-electron chi connectivity index (χ3n) is 4.42. The smallest absolute Gasteiger partial charge is 0.471 e. The van der Waals surface area contributed by atoms with Crippen LogP contribution in [0, 0.1) is 0 Å². The van der Waals surface area contributed by atoms with Gasteiger partial charge in [0.15, 0.2) is 0 Å². The van der Waals surface area contributed by atoms with Crippen LogP contribution in [-0.4, -0.2) is 42.1 Å². The average Bonchev–Trinajstić information content (AvgIpc) is 3.16. The van der Waals surface area contributed by atoms with Crippen molar-refractivity contribution >= 4 is 17.6 Å². The Morgan fingerprint density at radius 3 is 2.41 bits per heavy atom. The summed E-state index contributed by atoms with van der Waals surface area (Å²) < 4.78 is 42.6. The molecular formula is C20H20F3N3O3. The number of benzene rings is 2. The number of alkyl halides is 3. The van der Waals surface area contributed by atoms with Crippen LogP contribution in [-0.2, 0) is 11.4 Å². The van der Waals surface area contributed by atoms with Gasteiger partial charge in [0.1, 0.15) is 12.4 Å². The SMILES string of the molecule is O=C(Nc1ccc(OCc2ccccc2)cc1)N1CCC(NC(=O)C(F)(F)F)C1. The van der Waals surface area contributed by atoms with Crippen molar-refractivity contribution in [1.82, 2.24) is 10.2 Å². The molecule has 1 aliphatic rings. The summed E-state index contributed by atoms with van der Waals surface area (Å²) in [5, 5.41) is 4.59. The monoisotopic (exact) mass is 407 g/mol. The average molecular weight is 407 g/mol. The molecule has 2 aromatic rings. The number of halogens is 3. The zero-order valence-electron chi connectivity index (χ0n) is 15.4. The molecule has 6 nitrogen and oxygen atoms in total. The second kappa shape index (κ2) is 8.85. The Balaban J connectivity index is 1.46. The summed E-state index contributed by atoms with van der Waals surface area (Å²) >= 11 is 0. The Kier molecular flexibility index (Phi) is 6.26. The topological polar surface area (TPSA) is 70.7 Å². The van der Waals surface area contributed by atoms with Crippen molar-refractivity contribution < 1.29 is 27.5 Å². The number of hydrogen-bond donors (Lipinski definition) is 2. The van der Waals surface area contributed by atoms with E-state index in [1.54, 1.807) is 24.3 Å². The second-order valence-electron chi connectivity index (χ2n) is 6.63. The Morgan fingerprint density at radius 2 is 1.76 bits per heavy atom. The van der Waals surface area contributed by atoms with Crippen LogP contribution in [0.4, 0.5) is 23.7 Å². The molecular weight excluding hydrogens is 387 g/mol. The van der Waals surface area contributed by atoms with E-state index in [0.29, 0.717) is 18.0 Å². The number of amides is 3.